The van der Waals surface area contributed by atoms with Crippen LogP contribution in [0.5, 0.6) is 0 Å². The molecule has 0 N–H and O–H groups in total. The van der Waals surface area contributed by atoms with E-state index < -0.39 is 10.0 Å². The highest BCUT2D eigenvalue weighted by Gasteiger charge is 2.33. The van der Waals surface area contributed by atoms with E-state index in [0.717, 1.165) is 0 Å². The average Bonchev–Trinajstić information content (AvgIpc) is 2.91. The van der Waals surface area contributed by atoms with Crippen LogP contribution in [0.1, 0.15) is 26.7 Å². The third-order valence-corrected chi connectivity index (χ3v) is 6.56. The van der Waals surface area contributed by atoms with Crippen molar-refractivity contribution in [1.29, 1.82) is 0 Å². The molecular formula is C16H22ClN3O3S. The zero-order chi connectivity index (χ0) is 17.7. The quantitative estimate of drug-likeness (QED) is 0.812. The summed E-state index contributed by atoms with van der Waals surface area (Å²) in [5.74, 6) is 0.495. The molecule has 1 fully saturated rings. The molecule has 1 aromatic carbocycles. The van der Waals surface area contributed by atoms with Crippen LogP contribution in [-0.4, -0.2) is 55.8 Å². The van der Waals surface area contributed by atoms with Crippen LogP contribution in [0.15, 0.2) is 21.4 Å². The number of halogens is 1. The smallest absolute Gasteiger partial charge is 0.248 e. The summed E-state index contributed by atoms with van der Waals surface area (Å²) in [5.41, 5.74) is 0.434. The van der Waals surface area contributed by atoms with Crippen LogP contribution in [0, 0.1) is 0 Å². The summed E-state index contributed by atoms with van der Waals surface area (Å²) in [5, 5.41) is 0.165. The Bertz CT molecular complexity index is 863. The molecule has 2 heterocycles. The molecule has 0 aliphatic carbocycles. The maximum atomic E-state index is 13.1. The van der Waals surface area contributed by atoms with Gasteiger partial charge in [-0.15, -0.1) is 0 Å². The Morgan fingerprint density at radius 3 is 2.38 bits per heavy atom. The van der Waals surface area contributed by atoms with Crippen LogP contribution in [-0.2, 0) is 15.4 Å². The predicted molar refractivity (Wildman–Crippen MR) is 94.0 cm³/mol. The van der Waals surface area contributed by atoms with Crippen molar-refractivity contribution in [3.05, 3.63) is 23.0 Å². The Morgan fingerprint density at radius 1 is 1.17 bits per heavy atom. The maximum absolute atomic E-state index is 13.1. The molecule has 2 aromatic rings. The van der Waals surface area contributed by atoms with Crippen molar-refractivity contribution in [1.82, 2.24) is 14.2 Å². The average molecular weight is 372 g/mol. The van der Waals surface area contributed by atoms with Crippen molar-refractivity contribution in [2.24, 2.45) is 0 Å². The first-order valence-corrected chi connectivity index (χ1v) is 9.71. The molecule has 0 amide bonds. The number of piperazine rings is 1. The van der Waals surface area contributed by atoms with Crippen LogP contribution >= 0.6 is 11.6 Å². The lowest BCUT2D eigenvalue weighted by Crippen LogP contribution is -2.47. The Hall–Kier alpha value is -1.15. The predicted octanol–water partition coefficient (Wildman–Crippen LogP) is 2.71. The number of benzene rings is 1. The molecule has 0 bridgehead atoms. The molecule has 24 heavy (non-hydrogen) atoms. The summed E-state index contributed by atoms with van der Waals surface area (Å²) in [6.45, 7) is 8.15. The Kier molecular flexibility index (Phi) is 4.40. The van der Waals surface area contributed by atoms with Crippen molar-refractivity contribution in [2.45, 2.75) is 31.1 Å². The fraction of sp³-hybridized carbons (Fsp3) is 0.562. The molecular weight excluding hydrogens is 350 g/mol. The Balaban J connectivity index is 2.14. The highest BCUT2D eigenvalue weighted by molar-refractivity contribution is 7.89. The second-order valence-corrected chi connectivity index (χ2v) is 9.48. The molecule has 0 unspecified atom stereocenters. The minimum Gasteiger partial charge on any atom is -0.439 e. The maximum Gasteiger partial charge on any atom is 0.248 e. The molecule has 1 aliphatic heterocycles. The number of hydrogen-bond donors (Lipinski definition) is 0. The van der Waals surface area contributed by atoms with Crippen molar-refractivity contribution >= 4 is 32.7 Å². The summed E-state index contributed by atoms with van der Waals surface area (Å²) in [6, 6.07) is 3.27. The molecule has 1 saturated heterocycles. The molecule has 1 aromatic heterocycles. The normalized spacial score (nSPS) is 18.4. The third-order valence-electron chi connectivity index (χ3n) is 4.17. The van der Waals surface area contributed by atoms with E-state index in [2.05, 4.69) is 9.88 Å². The highest BCUT2D eigenvalue weighted by Crippen LogP contribution is 2.35. The van der Waals surface area contributed by atoms with Crippen LogP contribution in [0.25, 0.3) is 11.1 Å². The van der Waals surface area contributed by atoms with Gasteiger partial charge in [0.1, 0.15) is 10.4 Å². The van der Waals surface area contributed by atoms with E-state index in [9.17, 15) is 8.42 Å². The van der Waals surface area contributed by atoms with Gasteiger partial charge in [0.05, 0.1) is 5.02 Å². The van der Waals surface area contributed by atoms with Crippen LogP contribution < -0.4 is 0 Å². The molecule has 6 nitrogen and oxygen atoms in total. The topological polar surface area (TPSA) is 66.7 Å². The van der Waals surface area contributed by atoms with Crippen molar-refractivity contribution in [3.8, 4) is 0 Å². The van der Waals surface area contributed by atoms with Gasteiger partial charge in [-0.2, -0.15) is 4.31 Å². The number of nitrogens with zero attached hydrogens (tertiary/aromatic N) is 3. The van der Waals surface area contributed by atoms with Crippen molar-refractivity contribution < 1.29 is 12.8 Å². The van der Waals surface area contributed by atoms with E-state index in [-0.39, 0.29) is 20.9 Å². The fourth-order valence-corrected chi connectivity index (χ4v) is 4.70. The van der Waals surface area contributed by atoms with Gasteiger partial charge in [-0.3, -0.25) is 0 Å². The Morgan fingerprint density at radius 2 is 1.79 bits per heavy atom. The number of likely N-dealkylation sites (N-methyl/N-ethyl adjacent to an activating group) is 1. The fourth-order valence-electron chi connectivity index (χ4n) is 2.66. The van der Waals surface area contributed by atoms with Crippen LogP contribution in [0.4, 0.5) is 0 Å². The number of sulfonamides is 1. The van der Waals surface area contributed by atoms with Gasteiger partial charge in [0, 0.05) is 31.6 Å². The molecule has 132 valence electrons. The highest BCUT2D eigenvalue weighted by atomic mass is 35.5. The number of hydrogen-bond acceptors (Lipinski definition) is 5. The first kappa shape index (κ1) is 17.7. The van der Waals surface area contributed by atoms with Gasteiger partial charge < -0.3 is 9.32 Å². The summed E-state index contributed by atoms with van der Waals surface area (Å²) in [7, 11) is -1.76. The van der Waals surface area contributed by atoms with Gasteiger partial charge in [-0.1, -0.05) is 32.4 Å². The van der Waals surface area contributed by atoms with E-state index in [1.807, 2.05) is 27.8 Å². The minimum absolute atomic E-state index is 0.0224. The zero-order valence-electron chi connectivity index (χ0n) is 14.3. The van der Waals surface area contributed by atoms with E-state index >= 15 is 0 Å². The molecule has 0 radical (unpaired) electrons. The molecule has 1 aliphatic rings. The number of fused-ring (bicyclic) bond motifs is 1. The number of rotatable bonds is 2. The van der Waals surface area contributed by atoms with Gasteiger partial charge in [0.2, 0.25) is 15.9 Å². The van der Waals surface area contributed by atoms with E-state index in [1.54, 1.807) is 12.1 Å². The summed E-state index contributed by atoms with van der Waals surface area (Å²) < 4.78 is 33.5. The molecule has 0 saturated carbocycles. The molecule has 0 spiro atoms. The minimum atomic E-state index is -3.73. The standard InChI is InChI=1S/C16H22ClN3O3S/c1-16(2,3)15-18-12-6-5-11(17)14(13(12)23-15)24(21,22)20-9-7-19(4)8-10-20/h5-6H,7-10H2,1-4H3. The summed E-state index contributed by atoms with van der Waals surface area (Å²) in [4.78, 5) is 6.56. The monoisotopic (exact) mass is 371 g/mol. The largest absolute Gasteiger partial charge is 0.439 e. The van der Waals surface area contributed by atoms with Gasteiger partial charge in [0.15, 0.2) is 5.58 Å². The summed E-state index contributed by atoms with van der Waals surface area (Å²) >= 11 is 6.26. The number of oxazole rings is 1. The lowest BCUT2D eigenvalue weighted by atomic mass is 9.97. The summed E-state index contributed by atoms with van der Waals surface area (Å²) in [6.07, 6.45) is 0. The van der Waals surface area contributed by atoms with Crippen molar-refractivity contribution in [3.63, 3.8) is 0 Å². The second kappa shape index (κ2) is 5.98. The van der Waals surface area contributed by atoms with E-state index in [4.69, 9.17) is 16.0 Å². The van der Waals surface area contributed by atoms with Crippen LogP contribution in [0.3, 0.4) is 0 Å². The number of aromatic nitrogens is 1. The van der Waals surface area contributed by atoms with Gasteiger partial charge >= 0.3 is 0 Å². The van der Waals surface area contributed by atoms with Gasteiger partial charge in [0.25, 0.3) is 0 Å². The lowest BCUT2D eigenvalue weighted by molar-refractivity contribution is 0.222. The second-order valence-electron chi connectivity index (χ2n) is 7.20. The lowest BCUT2D eigenvalue weighted by Gasteiger charge is -2.31. The molecule has 3 rings (SSSR count). The molecule has 0 atom stereocenters. The van der Waals surface area contributed by atoms with Gasteiger partial charge in [-0.05, 0) is 19.2 Å². The van der Waals surface area contributed by atoms with E-state index in [0.29, 0.717) is 37.6 Å². The molecule has 8 heteroatoms. The van der Waals surface area contributed by atoms with Crippen LogP contribution in [0.2, 0.25) is 5.02 Å². The SMILES string of the molecule is CN1CCN(S(=O)(=O)c2c(Cl)ccc3nc(C(C)(C)C)oc23)CC1. The van der Waals surface area contributed by atoms with Crippen molar-refractivity contribution in [2.75, 3.05) is 33.2 Å². The Labute approximate surface area is 147 Å². The van der Waals surface area contributed by atoms with Gasteiger partial charge in [-0.25, -0.2) is 13.4 Å². The first-order valence-electron chi connectivity index (χ1n) is 7.89. The third kappa shape index (κ3) is 3.06. The zero-order valence-corrected chi connectivity index (χ0v) is 15.9. The van der Waals surface area contributed by atoms with E-state index in [1.165, 1.54) is 4.31 Å². The first-order chi connectivity index (χ1) is 11.1.